The highest BCUT2D eigenvalue weighted by Gasteiger charge is 2.07. The molecule has 0 unspecified atom stereocenters. The van der Waals surface area contributed by atoms with Gasteiger partial charge < -0.3 is 0 Å². The predicted octanol–water partition coefficient (Wildman–Crippen LogP) is 3.17. The summed E-state index contributed by atoms with van der Waals surface area (Å²) in [5, 5.41) is 6.21. The Morgan fingerprint density at radius 2 is 2.12 bits per heavy atom. The number of hydrogen-bond donors (Lipinski definition) is 1. The first kappa shape index (κ1) is 11.8. The van der Waals surface area contributed by atoms with Gasteiger partial charge in [0.15, 0.2) is 0 Å². The first-order valence-electron chi connectivity index (χ1n) is 4.89. The lowest BCUT2D eigenvalue weighted by atomic mass is 10.2. The van der Waals surface area contributed by atoms with Crippen molar-refractivity contribution in [3.8, 4) is 0 Å². The Hall–Kier alpha value is -1.65. The van der Waals surface area contributed by atoms with Gasteiger partial charge in [0.1, 0.15) is 0 Å². The number of hydrogen-bond acceptors (Lipinski definition) is 3. The molecule has 0 aliphatic heterocycles. The van der Waals surface area contributed by atoms with Crippen LogP contribution >= 0.6 is 22.9 Å². The van der Waals surface area contributed by atoms with E-state index in [1.54, 1.807) is 41.8 Å². The maximum Gasteiger partial charge on any atom is 0.272 e. The SMILES string of the molecule is O=C(N/N=C\c1cccs1)c1ccccc1Cl. The molecular formula is C12H9ClN2OS. The highest BCUT2D eigenvalue weighted by atomic mass is 35.5. The minimum Gasteiger partial charge on any atom is -0.267 e. The van der Waals surface area contributed by atoms with E-state index in [0.717, 1.165) is 4.88 Å². The highest BCUT2D eigenvalue weighted by Crippen LogP contribution is 2.14. The molecule has 2 rings (SSSR count). The van der Waals surface area contributed by atoms with Crippen LogP contribution in [0.4, 0.5) is 0 Å². The van der Waals surface area contributed by atoms with E-state index in [9.17, 15) is 4.79 Å². The first-order chi connectivity index (χ1) is 8.27. The van der Waals surface area contributed by atoms with Gasteiger partial charge in [0.05, 0.1) is 16.8 Å². The Morgan fingerprint density at radius 3 is 2.82 bits per heavy atom. The zero-order valence-electron chi connectivity index (χ0n) is 8.76. The van der Waals surface area contributed by atoms with Gasteiger partial charge in [-0.3, -0.25) is 4.79 Å². The molecule has 0 aliphatic rings. The summed E-state index contributed by atoms with van der Waals surface area (Å²) in [5.74, 6) is -0.316. The summed E-state index contributed by atoms with van der Waals surface area (Å²) in [7, 11) is 0. The molecule has 2 aromatic rings. The van der Waals surface area contributed by atoms with E-state index >= 15 is 0 Å². The summed E-state index contributed by atoms with van der Waals surface area (Å²) in [5.41, 5.74) is 2.85. The zero-order chi connectivity index (χ0) is 12.1. The third kappa shape index (κ3) is 3.15. The minimum atomic E-state index is -0.316. The number of thiophene rings is 1. The summed E-state index contributed by atoms with van der Waals surface area (Å²) < 4.78 is 0. The Balaban J connectivity index is 2.01. The number of benzene rings is 1. The lowest BCUT2D eigenvalue weighted by Crippen LogP contribution is -2.17. The monoisotopic (exact) mass is 264 g/mol. The second kappa shape index (κ2) is 5.61. The molecule has 1 N–H and O–H groups in total. The molecule has 0 fully saturated rings. The minimum absolute atomic E-state index is 0.316. The van der Waals surface area contributed by atoms with Crippen molar-refractivity contribution in [3.63, 3.8) is 0 Å². The van der Waals surface area contributed by atoms with E-state index in [0.29, 0.717) is 10.6 Å². The molecule has 0 radical (unpaired) electrons. The molecule has 1 aromatic carbocycles. The van der Waals surface area contributed by atoms with Gasteiger partial charge in [0, 0.05) is 4.88 Å². The standard InChI is InChI=1S/C12H9ClN2OS/c13-11-6-2-1-5-10(11)12(16)15-14-8-9-4-3-7-17-9/h1-8H,(H,15,16)/b14-8-. The Morgan fingerprint density at radius 1 is 1.29 bits per heavy atom. The molecule has 0 saturated carbocycles. The summed E-state index contributed by atoms with van der Waals surface area (Å²) in [6, 6.07) is 10.7. The van der Waals surface area contributed by atoms with E-state index in [1.807, 2.05) is 17.5 Å². The molecule has 0 aliphatic carbocycles. The van der Waals surface area contributed by atoms with E-state index in [4.69, 9.17) is 11.6 Å². The van der Waals surface area contributed by atoms with Gasteiger partial charge in [-0.15, -0.1) is 11.3 Å². The normalized spacial score (nSPS) is 10.6. The molecule has 1 aromatic heterocycles. The molecule has 0 spiro atoms. The maximum atomic E-state index is 11.7. The van der Waals surface area contributed by atoms with Crippen LogP contribution in [0, 0.1) is 0 Å². The number of halogens is 1. The third-order valence-electron chi connectivity index (χ3n) is 2.02. The zero-order valence-corrected chi connectivity index (χ0v) is 10.3. The van der Waals surface area contributed by atoms with Gasteiger partial charge in [0.25, 0.3) is 5.91 Å². The number of nitrogens with one attached hydrogen (secondary N) is 1. The molecule has 17 heavy (non-hydrogen) atoms. The molecule has 1 amide bonds. The molecular weight excluding hydrogens is 256 g/mol. The van der Waals surface area contributed by atoms with Crippen LogP contribution in [0.25, 0.3) is 0 Å². The van der Waals surface area contributed by atoms with Crippen molar-refractivity contribution in [2.45, 2.75) is 0 Å². The molecule has 0 atom stereocenters. The average molecular weight is 265 g/mol. The van der Waals surface area contributed by atoms with E-state index < -0.39 is 0 Å². The van der Waals surface area contributed by atoms with Gasteiger partial charge in [-0.1, -0.05) is 29.8 Å². The van der Waals surface area contributed by atoms with Crippen LogP contribution in [0.1, 0.15) is 15.2 Å². The first-order valence-corrected chi connectivity index (χ1v) is 6.14. The van der Waals surface area contributed by atoms with Crippen molar-refractivity contribution < 1.29 is 4.79 Å². The van der Waals surface area contributed by atoms with Crippen LogP contribution < -0.4 is 5.43 Å². The predicted molar refractivity (Wildman–Crippen MR) is 70.8 cm³/mol. The maximum absolute atomic E-state index is 11.7. The van der Waals surface area contributed by atoms with E-state index in [2.05, 4.69) is 10.5 Å². The van der Waals surface area contributed by atoms with Crippen molar-refractivity contribution in [3.05, 3.63) is 57.2 Å². The van der Waals surface area contributed by atoms with Crippen LogP contribution in [0.5, 0.6) is 0 Å². The third-order valence-corrected chi connectivity index (χ3v) is 3.16. The smallest absolute Gasteiger partial charge is 0.267 e. The molecule has 86 valence electrons. The lowest BCUT2D eigenvalue weighted by molar-refractivity contribution is 0.0955. The van der Waals surface area contributed by atoms with Crippen molar-refractivity contribution in [2.24, 2.45) is 5.10 Å². The van der Waals surface area contributed by atoms with Gasteiger partial charge in [-0.05, 0) is 23.6 Å². The number of carbonyl (C=O) groups excluding carboxylic acids is 1. The van der Waals surface area contributed by atoms with Crippen molar-refractivity contribution >= 4 is 35.1 Å². The summed E-state index contributed by atoms with van der Waals surface area (Å²) in [6.45, 7) is 0. The number of hydrazone groups is 1. The van der Waals surface area contributed by atoms with Gasteiger partial charge in [-0.2, -0.15) is 5.10 Å². The van der Waals surface area contributed by atoms with Crippen LogP contribution in [-0.4, -0.2) is 12.1 Å². The molecule has 0 bridgehead atoms. The fraction of sp³-hybridized carbons (Fsp3) is 0. The van der Waals surface area contributed by atoms with Gasteiger partial charge in [-0.25, -0.2) is 5.43 Å². The van der Waals surface area contributed by atoms with Crippen LogP contribution in [0.15, 0.2) is 46.9 Å². The van der Waals surface area contributed by atoms with Crippen molar-refractivity contribution in [2.75, 3.05) is 0 Å². The van der Waals surface area contributed by atoms with Crippen LogP contribution in [0.2, 0.25) is 5.02 Å². The molecule has 0 saturated heterocycles. The summed E-state index contributed by atoms with van der Waals surface area (Å²) in [6.07, 6.45) is 1.60. The summed E-state index contributed by atoms with van der Waals surface area (Å²) in [4.78, 5) is 12.7. The Kier molecular flexibility index (Phi) is 3.90. The second-order valence-electron chi connectivity index (χ2n) is 3.19. The van der Waals surface area contributed by atoms with Gasteiger partial charge >= 0.3 is 0 Å². The number of nitrogens with zero attached hydrogens (tertiary/aromatic N) is 1. The largest absolute Gasteiger partial charge is 0.272 e. The van der Waals surface area contributed by atoms with E-state index in [-0.39, 0.29) is 5.91 Å². The number of rotatable bonds is 3. The van der Waals surface area contributed by atoms with Gasteiger partial charge in [0.2, 0.25) is 0 Å². The quantitative estimate of drug-likeness (QED) is 0.671. The van der Waals surface area contributed by atoms with Crippen LogP contribution in [0.3, 0.4) is 0 Å². The fourth-order valence-electron chi connectivity index (χ4n) is 1.22. The Bertz CT molecular complexity index is 537. The summed E-state index contributed by atoms with van der Waals surface area (Å²) >= 11 is 7.43. The molecule has 5 heteroatoms. The van der Waals surface area contributed by atoms with Crippen molar-refractivity contribution in [1.29, 1.82) is 0 Å². The number of carbonyl (C=O) groups is 1. The van der Waals surface area contributed by atoms with Crippen molar-refractivity contribution in [1.82, 2.24) is 5.43 Å². The highest BCUT2D eigenvalue weighted by molar-refractivity contribution is 7.11. The molecule has 1 heterocycles. The Labute approximate surface area is 108 Å². The number of amides is 1. The van der Waals surface area contributed by atoms with Crippen LogP contribution in [-0.2, 0) is 0 Å². The lowest BCUT2D eigenvalue weighted by Gasteiger charge is -2.01. The fourth-order valence-corrected chi connectivity index (χ4v) is 2.03. The topological polar surface area (TPSA) is 41.5 Å². The average Bonchev–Trinajstić information content (AvgIpc) is 2.82. The molecule has 3 nitrogen and oxygen atoms in total. The van der Waals surface area contributed by atoms with E-state index in [1.165, 1.54) is 0 Å². The second-order valence-corrected chi connectivity index (χ2v) is 4.58.